The standard InChI is InChI=1S/C13H14N4O3S/c1-2-3-8-5-10(18)17-13(16-8)21-11-9(12(19)20)4-7(14)6-15-11/h4-6H,2-3,14H2,1H3,(H,19,20)(H,16,17,18). The summed E-state index contributed by atoms with van der Waals surface area (Å²) in [5.41, 5.74) is 6.16. The van der Waals surface area contributed by atoms with Gasteiger partial charge in [0.15, 0.2) is 5.16 Å². The SMILES string of the molecule is CCCc1cc(=O)[nH]c(Sc2ncc(N)cc2C(=O)O)n1. The Kier molecular flexibility index (Phi) is 4.59. The van der Waals surface area contributed by atoms with Crippen molar-refractivity contribution in [1.29, 1.82) is 0 Å². The smallest absolute Gasteiger partial charge is 0.338 e. The van der Waals surface area contributed by atoms with Crippen LogP contribution in [0, 0.1) is 0 Å². The number of anilines is 1. The number of aromatic amines is 1. The van der Waals surface area contributed by atoms with E-state index in [9.17, 15) is 9.59 Å². The first-order chi connectivity index (χ1) is 9.99. The minimum absolute atomic E-state index is 0.0245. The van der Waals surface area contributed by atoms with Gasteiger partial charge in [-0.15, -0.1) is 0 Å². The molecule has 2 heterocycles. The van der Waals surface area contributed by atoms with Crippen LogP contribution in [0.2, 0.25) is 0 Å². The van der Waals surface area contributed by atoms with E-state index in [1.807, 2.05) is 6.92 Å². The van der Waals surface area contributed by atoms with Crippen LogP contribution >= 0.6 is 11.8 Å². The lowest BCUT2D eigenvalue weighted by Gasteiger charge is -2.06. The Morgan fingerprint density at radius 3 is 2.90 bits per heavy atom. The van der Waals surface area contributed by atoms with Crippen LogP contribution in [0.25, 0.3) is 0 Å². The molecule has 0 aromatic carbocycles. The van der Waals surface area contributed by atoms with Gasteiger partial charge in [0.2, 0.25) is 0 Å². The molecule has 0 aliphatic rings. The first-order valence-corrected chi connectivity index (χ1v) is 7.08. The van der Waals surface area contributed by atoms with Crippen molar-refractivity contribution in [3.05, 3.63) is 39.9 Å². The van der Waals surface area contributed by atoms with E-state index in [-0.39, 0.29) is 21.8 Å². The Morgan fingerprint density at radius 1 is 1.48 bits per heavy atom. The minimum atomic E-state index is -1.13. The predicted molar refractivity (Wildman–Crippen MR) is 78.6 cm³/mol. The molecular formula is C13H14N4O3S. The molecule has 2 rings (SSSR count). The van der Waals surface area contributed by atoms with Crippen LogP contribution in [0.1, 0.15) is 29.4 Å². The molecule has 0 unspecified atom stereocenters. The molecule has 2 aromatic rings. The zero-order valence-corrected chi connectivity index (χ0v) is 12.1. The van der Waals surface area contributed by atoms with E-state index >= 15 is 0 Å². The van der Waals surface area contributed by atoms with Crippen molar-refractivity contribution in [1.82, 2.24) is 15.0 Å². The maximum absolute atomic E-state index is 11.6. The monoisotopic (exact) mass is 306 g/mol. The van der Waals surface area contributed by atoms with Crippen molar-refractivity contribution in [2.75, 3.05) is 5.73 Å². The summed E-state index contributed by atoms with van der Waals surface area (Å²) >= 11 is 0.991. The van der Waals surface area contributed by atoms with Gasteiger partial charge in [0.05, 0.1) is 17.4 Å². The van der Waals surface area contributed by atoms with Crippen LogP contribution in [-0.2, 0) is 6.42 Å². The highest BCUT2D eigenvalue weighted by atomic mass is 32.2. The number of pyridine rings is 1. The number of carbonyl (C=O) groups is 1. The third-order valence-corrected chi connectivity index (χ3v) is 3.48. The molecule has 21 heavy (non-hydrogen) atoms. The van der Waals surface area contributed by atoms with E-state index < -0.39 is 5.97 Å². The van der Waals surface area contributed by atoms with Crippen LogP contribution in [0.4, 0.5) is 5.69 Å². The van der Waals surface area contributed by atoms with Crippen molar-refractivity contribution in [3.63, 3.8) is 0 Å². The number of hydrogen-bond donors (Lipinski definition) is 3. The molecule has 7 nitrogen and oxygen atoms in total. The molecule has 0 bridgehead atoms. The van der Waals surface area contributed by atoms with E-state index in [0.29, 0.717) is 17.3 Å². The average Bonchev–Trinajstić information content (AvgIpc) is 2.40. The number of aryl methyl sites for hydroxylation is 1. The summed E-state index contributed by atoms with van der Waals surface area (Å²) in [5, 5.41) is 9.70. The first-order valence-electron chi connectivity index (χ1n) is 6.26. The number of rotatable bonds is 5. The lowest BCUT2D eigenvalue weighted by molar-refractivity contribution is 0.0692. The number of H-pyrrole nitrogens is 1. The van der Waals surface area contributed by atoms with E-state index in [0.717, 1.165) is 18.2 Å². The van der Waals surface area contributed by atoms with E-state index in [1.54, 1.807) is 0 Å². The van der Waals surface area contributed by atoms with Crippen LogP contribution in [-0.4, -0.2) is 26.0 Å². The van der Waals surface area contributed by atoms with E-state index in [2.05, 4.69) is 15.0 Å². The zero-order valence-electron chi connectivity index (χ0n) is 11.3. The van der Waals surface area contributed by atoms with E-state index in [1.165, 1.54) is 18.3 Å². The average molecular weight is 306 g/mol. The molecule has 0 saturated carbocycles. The summed E-state index contributed by atoms with van der Waals surface area (Å²) in [6.45, 7) is 1.99. The topological polar surface area (TPSA) is 122 Å². The molecule has 110 valence electrons. The van der Waals surface area contributed by atoms with Crippen LogP contribution in [0.3, 0.4) is 0 Å². The molecule has 2 aromatic heterocycles. The predicted octanol–water partition coefficient (Wildman–Crippen LogP) is 1.55. The first kappa shape index (κ1) is 15.0. The molecule has 0 fully saturated rings. The van der Waals surface area contributed by atoms with Crippen molar-refractivity contribution in [3.8, 4) is 0 Å². The summed E-state index contributed by atoms with van der Waals surface area (Å²) in [7, 11) is 0. The number of aromatic carboxylic acids is 1. The molecular weight excluding hydrogens is 292 g/mol. The number of hydrogen-bond acceptors (Lipinski definition) is 6. The van der Waals surface area contributed by atoms with Gasteiger partial charge in [0.1, 0.15) is 5.03 Å². The summed E-state index contributed by atoms with van der Waals surface area (Å²) < 4.78 is 0. The highest BCUT2D eigenvalue weighted by Gasteiger charge is 2.15. The normalized spacial score (nSPS) is 10.5. The molecule has 0 radical (unpaired) electrons. The molecule has 0 spiro atoms. The van der Waals surface area contributed by atoms with Crippen LogP contribution in [0.5, 0.6) is 0 Å². The van der Waals surface area contributed by atoms with E-state index in [4.69, 9.17) is 10.8 Å². The van der Waals surface area contributed by atoms with Gasteiger partial charge in [0, 0.05) is 11.8 Å². The summed E-state index contributed by atoms with van der Waals surface area (Å²) in [6.07, 6.45) is 2.91. The summed E-state index contributed by atoms with van der Waals surface area (Å²) in [4.78, 5) is 33.6. The Balaban J connectivity index is 2.38. The van der Waals surface area contributed by atoms with Crippen molar-refractivity contribution in [2.24, 2.45) is 0 Å². The number of carboxylic acids is 1. The van der Waals surface area contributed by atoms with Gasteiger partial charge in [-0.05, 0) is 24.2 Å². The molecule has 0 aliphatic heterocycles. The van der Waals surface area contributed by atoms with Gasteiger partial charge in [-0.25, -0.2) is 14.8 Å². The Morgan fingerprint density at radius 2 is 2.24 bits per heavy atom. The number of nitrogens with one attached hydrogen (secondary N) is 1. The molecule has 4 N–H and O–H groups in total. The van der Waals surface area contributed by atoms with Gasteiger partial charge in [0.25, 0.3) is 5.56 Å². The van der Waals surface area contributed by atoms with Crippen molar-refractivity contribution < 1.29 is 9.90 Å². The molecule has 0 saturated heterocycles. The highest BCUT2D eigenvalue weighted by Crippen LogP contribution is 2.26. The van der Waals surface area contributed by atoms with Gasteiger partial charge in [-0.3, -0.25) is 4.79 Å². The molecule has 0 atom stereocenters. The maximum atomic E-state index is 11.6. The van der Waals surface area contributed by atoms with Gasteiger partial charge < -0.3 is 15.8 Å². The largest absolute Gasteiger partial charge is 0.478 e. The Hall–Kier alpha value is -2.35. The minimum Gasteiger partial charge on any atom is -0.478 e. The lowest BCUT2D eigenvalue weighted by Crippen LogP contribution is -2.10. The number of nitrogen functional groups attached to an aromatic ring is 1. The van der Waals surface area contributed by atoms with Crippen molar-refractivity contribution >= 4 is 23.4 Å². The van der Waals surface area contributed by atoms with Crippen LogP contribution < -0.4 is 11.3 Å². The quantitative estimate of drug-likeness (QED) is 0.716. The molecule has 8 heteroatoms. The fourth-order valence-electron chi connectivity index (χ4n) is 1.71. The van der Waals surface area contributed by atoms with Crippen LogP contribution in [0.15, 0.2) is 33.3 Å². The fraction of sp³-hybridized carbons (Fsp3) is 0.231. The van der Waals surface area contributed by atoms with Gasteiger partial charge in [-0.1, -0.05) is 13.3 Å². The Bertz CT molecular complexity index is 730. The third-order valence-electron chi connectivity index (χ3n) is 2.58. The second-order valence-electron chi connectivity index (χ2n) is 4.32. The summed E-state index contributed by atoms with van der Waals surface area (Å²) in [6, 6.07) is 2.76. The van der Waals surface area contributed by atoms with Crippen molar-refractivity contribution in [2.45, 2.75) is 29.9 Å². The number of aromatic nitrogens is 3. The number of nitrogens with two attached hydrogens (primary N) is 1. The zero-order chi connectivity index (χ0) is 15.4. The lowest BCUT2D eigenvalue weighted by atomic mass is 10.2. The highest BCUT2D eigenvalue weighted by molar-refractivity contribution is 7.99. The summed E-state index contributed by atoms with van der Waals surface area (Å²) in [5.74, 6) is -1.13. The fourth-order valence-corrected chi connectivity index (χ4v) is 2.57. The third kappa shape index (κ3) is 3.82. The van der Waals surface area contributed by atoms with Gasteiger partial charge >= 0.3 is 5.97 Å². The molecule has 0 amide bonds. The van der Waals surface area contributed by atoms with Gasteiger partial charge in [-0.2, -0.15) is 0 Å². The number of carboxylic acid groups (broad SMARTS) is 1. The molecule has 0 aliphatic carbocycles. The second-order valence-corrected chi connectivity index (χ2v) is 5.30. The maximum Gasteiger partial charge on any atom is 0.338 e. The number of nitrogens with zero attached hydrogens (tertiary/aromatic N) is 2. The Labute approximate surface area is 124 Å². The second kappa shape index (κ2) is 6.40.